The van der Waals surface area contributed by atoms with Crippen LogP contribution in [0.1, 0.15) is 62.5 Å². The fraction of sp³-hybridized carbons (Fsp3) is 0.652. The molecule has 5 rings (SSSR count). The van der Waals surface area contributed by atoms with Crippen molar-refractivity contribution in [2.75, 3.05) is 13.7 Å². The third kappa shape index (κ3) is 1.95. The fourth-order valence-corrected chi connectivity index (χ4v) is 7.15. The summed E-state index contributed by atoms with van der Waals surface area (Å²) in [6.45, 7) is 7.86. The molecule has 2 heteroatoms. The maximum absolute atomic E-state index is 6.45. The van der Waals surface area contributed by atoms with Gasteiger partial charge in [-0.15, -0.1) is 0 Å². The largest absolute Gasteiger partial charge is 0.497 e. The fourth-order valence-electron chi connectivity index (χ4n) is 7.15. The number of rotatable bonds is 1. The molecule has 4 aliphatic rings. The van der Waals surface area contributed by atoms with Crippen molar-refractivity contribution in [1.29, 1.82) is 0 Å². The summed E-state index contributed by atoms with van der Waals surface area (Å²) >= 11 is 0. The molecule has 25 heavy (non-hydrogen) atoms. The molecule has 5 atom stereocenters. The molecule has 0 radical (unpaired) electrons. The molecule has 1 heterocycles. The van der Waals surface area contributed by atoms with Gasteiger partial charge >= 0.3 is 0 Å². The minimum absolute atomic E-state index is 0.0111. The zero-order valence-corrected chi connectivity index (χ0v) is 15.6. The molecule has 0 unspecified atom stereocenters. The average Bonchev–Trinajstić information content (AvgIpc) is 3.16. The minimum atomic E-state index is -0.0111. The van der Waals surface area contributed by atoms with Crippen LogP contribution >= 0.6 is 0 Å². The molecular weight excluding hydrogens is 308 g/mol. The number of benzene rings is 1. The van der Waals surface area contributed by atoms with E-state index in [1.807, 2.05) is 0 Å². The highest BCUT2D eigenvalue weighted by molar-refractivity contribution is 5.41. The van der Waals surface area contributed by atoms with Crippen LogP contribution in [-0.2, 0) is 11.2 Å². The highest BCUT2D eigenvalue weighted by atomic mass is 16.5. The summed E-state index contributed by atoms with van der Waals surface area (Å²) in [5.74, 6) is 3.35. The van der Waals surface area contributed by atoms with Crippen molar-refractivity contribution in [2.45, 2.75) is 63.4 Å². The van der Waals surface area contributed by atoms with E-state index in [1.54, 1.807) is 12.7 Å². The van der Waals surface area contributed by atoms with Crippen molar-refractivity contribution in [3.8, 4) is 5.75 Å². The van der Waals surface area contributed by atoms with Gasteiger partial charge in [-0.1, -0.05) is 19.6 Å². The normalized spacial score (nSPS) is 42.2. The second kappa shape index (κ2) is 5.36. The maximum Gasteiger partial charge on any atom is 0.119 e. The van der Waals surface area contributed by atoms with E-state index in [4.69, 9.17) is 9.47 Å². The SMILES string of the molecule is C=C1CCO[C@@]12CC[C@H]1[C@@H]3CCc4cc(OC)ccc4[C@H]3CC[C@@]12C. The lowest BCUT2D eigenvalue weighted by atomic mass is 9.52. The predicted octanol–water partition coefficient (Wildman–Crippen LogP) is 5.27. The lowest BCUT2D eigenvalue weighted by Gasteiger charge is -2.54. The van der Waals surface area contributed by atoms with Gasteiger partial charge in [0.1, 0.15) is 5.75 Å². The summed E-state index contributed by atoms with van der Waals surface area (Å²) in [4.78, 5) is 0. The standard InChI is InChI=1S/C23H30O2/c1-15-10-13-25-23(15)12-9-21-20-6-4-16-14-17(24-3)5-7-18(16)19(20)8-11-22(21,23)2/h5,7,14,19-21H,1,4,6,8-13H2,2-3H3/t19-,20-,21+,22+,23+/m1/s1. The van der Waals surface area contributed by atoms with E-state index in [9.17, 15) is 0 Å². The van der Waals surface area contributed by atoms with E-state index >= 15 is 0 Å². The Morgan fingerprint density at radius 2 is 2.04 bits per heavy atom. The Hall–Kier alpha value is -1.28. The topological polar surface area (TPSA) is 18.5 Å². The number of aryl methyl sites for hydroxylation is 1. The summed E-state index contributed by atoms with van der Waals surface area (Å²) in [5, 5.41) is 0. The number of hydrogen-bond donors (Lipinski definition) is 0. The molecule has 134 valence electrons. The van der Waals surface area contributed by atoms with Crippen LogP contribution in [0.25, 0.3) is 0 Å². The highest BCUT2D eigenvalue weighted by Crippen LogP contribution is 2.68. The minimum Gasteiger partial charge on any atom is -0.497 e. The second-order valence-electron chi connectivity index (χ2n) is 9.00. The zero-order valence-electron chi connectivity index (χ0n) is 15.6. The lowest BCUT2D eigenvalue weighted by Crippen LogP contribution is -2.51. The molecule has 1 aromatic carbocycles. The van der Waals surface area contributed by atoms with Gasteiger partial charge in [0.15, 0.2) is 0 Å². The first-order valence-electron chi connectivity index (χ1n) is 10.1. The molecule has 1 aliphatic heterocycles. The highest BCUT2D eigenvalue weighted by Gasteiger charge is 2.64. The Kier molecular flexibility index (Phi) is 3.42. The van der Waals surface area contributed by atoms with Gasteiger partial charge in [-0.2, -0.15) is 0 Å². The van der Waals surface area contributed by atoms with Gasteiger partial charge in [0, 0.05) is 5.41 Å². The monoisotopic (exact) mass is 338 g/mol. The Morgan fingerprint density at radius 1 is 1.16 bits per heavy atom. The van der Waals surface area contributed by atoms with E-state index < -0.39 is 0 Å². The van der Waals surface area contributed by atoms with Crippen molar-refractivity contribution in [3.05, 3.63) is 41.5 Å². The third-order valence-corrected chi connectivity index (χ3v) is 8.38. The van der Waals surface area contributed by atoms with Gasteiger partial charge in [-0.3, -0.25) is 0 Å². The van der Waals surface area contributed by atoms with Crippen molar-refractivity contribution < 1.29 is 9.47 Å². The number of fused-ring (bicyclic) bond motifs is 6. The van der Waals surface area contributed by atoms with Gasteiger partial charge in [-0.05, 0) is 91.5 Å². The van der Waals surface area contributed by atoms with E-state index in [0.29, 0.717) is 5.41 Å². The third-order valence-electron chi connectivity index (χ3n) is 8.38. The molecule has 3 aliphatic carbocycles. The first-order chi connectivity index (χ1) is 12.1. The van der Waals surface area contributed by atoms with Gasteiger partial charge in [0.2, 0.25) is 0 Å². The maximum atomic E-state index is 6.45. The van der Waals surface area contributed by atoms with Crippen LogP contribution < -0.4 is 4.74 Å². The number of hydrogen-bond acceptors (Lipinski definition) is 2. The van der Waals surface area contributed by atoms with Gasteiger partial charge in [-0.25, -0.2) is 0 Å². The van der Waals surface area contributed by atoms with Crippen molar-refractivity contribution >= 4 is 0 Å². The average molecular weight is 338 g/mol. The van der Waals surface area contributed by atoms with E-state index in [0.717, 1.165) is 36.5 Å². The lowest BCUT2D eigenvalue weighted by molar-refractivity contribution is -0.0965. The van der Waals surface area contributed by atoms with Gasteiger partial charge < -0.3 is 9.47 Å². The molecule has 2 saturated carbocycles. The second-order valence-corrected chi connectivity index (χ2v) is 9.00. The van der Waals surface area contributed by atoms with E-state index in [-0.39, 0.29) is 5.60 Å². The molecule has 1 saturated heterocycles. The van der Waals surface area contributed by atoms with Gasteiger partial charge in [0.05, 0.1) is 19.3 Å². The Balaban J connectivity index is 1.50. The molecule has 1 aromatic rings. The first kappa shape index (κ1) is 15.9. The summed E-state index contributed by atoms with van der Waals surface area (Å²) in [5.41, 5.74) is 4.80. The van der Waals surface area contributed by atoms with E-state index in [2.05, 4.69) is 31.7 Å². The Morgan fingerprint density at radius 3 is 2.80 bits per heavy atom. The Labute approximate surface area is 151 Å². The summed E-state index contributed by atoms with van der Waals surface area (Å²) < 4.78 is 11.9. The molecule has 3 fully saturated rings. The molecule has 0 bridgehead atoms. The quantitative estimate of drug-likeness (QED) is 0.650. The molecular formula is C23H30O2. The van der Waals surface area contributed by atoms with Crippen LogP contribution in [0.4, 0.5) is 0 Å². The number of methoxy groups -OCH3 is 1. The van der Waals surface area contributed by atoms with Gasteiger partial charge in [0.25, 0.3) is 0 Å². The smallest absolute Gasteiger partial charge is 0.119 e. The molecule has 2 nitrogen and oxygen atoms in total. The van der Waals surface area contributed by atoms with Crippen LogP contribution in [0.2, 0.25) is 0 Å². The van der Waals surface area contributed by atoms with Crippen LogP contribution in [0, 0.1) is 17.3 Å². The molecule has 0 amide bonds. The summed E-state index contributed by atoms with van der Waals surface area (Å²) in [7, 11) is 1.77. The first-order valence-corrected chi connectivity index (χ1v) is 10.1. The summed E-state index contributed by atoms with van der Waals surface area (Å²) in [6, 6.07) is 6.79. The van der Waals surface area contributed by atoms with Crippen molar-refractivity contribution in [1.82, 2.24) is 0 Å². The predicted molar refractivity (Wildman–Crippen MR) is 100 cm³/mol. The molecule has 0 aromatic heterocycles. The van der Waals surface area contributed by atoms with Crippen molar-refractivity contribution in [2.24, 2.45) is 17.3 Å². The molecule has 1 spiro atoms. The van der Waals surface area contributed by atoms with Crippen LogP contribution in [0.15, 0.2) is 30.4 Å². The molecule has 0 N–H and O–H groups in total. The van der Waals surface area contributed by atoms with Crippen LogP contribution in [0.5, 0.6) is 5.75 Å². The van der Waals surface area contributed by atoms with Crippen LogP contribution in [-0.4, -0.2) is 19.3 Å². The van der Waals surface area contributed by atoms with E-state index in [1.165, 1.54) is 49.7 Å². The number of ether oxygens (including phenoxy) is 2. The summed E-state index contributed by atoms with van der Waals surface area (Å²) in [6.07, 6.45) is 8.70. The van der Waals surface area contributed by atoms with Crippen molar-refractivity contribution in [3.63, 3.8) is 0 Å². The van der Waals surface area contributed by atoms with Crippen LogP contribution in [0.3, 0.4) is 0 Å². The zero-order chi connectivity index (χ0) is 17.2. The Bertz CT molecular complexity index is 723.